The van der Waals surface area contributed by atoms with E-state index in [2.05, 4.69) is 15.3 Å². The van der Waals surface area contributed by atoms with E-state index in [0.29, 0.717) is 5.95 Å². The summed E-state index contributed by atoms with van der Waals surface area (Å²) in [6.07, 6.45) is 1.82. The van der Waals surface area contributed by atoms with Crippen molar-refractivity contribution < 1.29 is 0 Å². The molecule has 0 spiro atoms. The van der Waals surface area contributed by atoms with Crippen LogP contribution in [0.25, 0.3) is 0 Å². The van der Waals surface area contributed by atoms with Crippen LogP contribution in [0.15, 0.2) is 40.4 Å². The van der Waals surface area contributed by atoms with Gasteiger partial charge in [0.15, 0.2) is 0 Å². The van der Waals surface area contributed by atoms with E-state index < -0.39 is 0 Å². The van der Waals surface area contributed by atoms with Gasteiger partial charge in [-0.3, -0.25) is 0 Å². The summed E-state index contributed by atoms with van der Waals surface area (Å²) in [5.74, 6) is 0.651. The molecule has 5 heteroatoms. The van der Waals surface area contributed by atoms with Crippen LogP contribution in [0.2, 0.25) is 5.02 Å². The summed E-state index contributed by atoms with van der Waals surface area (Å²) in [5, 5.41) is 4.77. The molecular weight excluding hydrogens is 266 g/mol. The van der Waals surface area contributed by atoms with Gasteiger partial charge in [0.2, 0.25) is 5.95 Å². The van der Waals surface area contributed by atoms with Gasteiger partial charge in [0.1, 0.15) is 5.03 Å². The molecule has 0 unspecified atom stereocenters. The van der Waals surface area contributed by atoms with Gasteiger partial charge < -0.3 is 5.32 Å². The summed E-state index contributed by atoms with van der Waals surface area (Å²) in [5.41, 5.74) is 1.04. The predicted octanol–water partition coefficient (Wildman–Crippen LogP) is 4.02. The van der Waals surface area contributed by atoms with E-state index in [-0.39, 0.29) is 0 Å². The lowest BCUT2D eigenvalue weighted by molar-refractivity contribution is 0.983. The van der Waals surface area contributed by atoms with Crippen LogP contribution in [0.5, 0.6) is 0 Å². The van der Waals surface area contributed by atoms with Crippen molar-refractivity contribution in [1.82, 2.24) is 9.97 Å². The van der Waals surface area contributed by atoms with Crippen LogP contribution in [-0.4, -0.2) is 16.5 Å². The number of rotatable bonds is 4. The number of hydrogen-bond donors (Lipinski definition) is 1. The highest BCUT2D eigenvalue weighted by atomic mass is 35.5. The Balaban J connectivity index is 2.28. The van der Waals surface area contributed by atoms with Gasteiger partial charge in [0.05, 0.1) is 5.02 Å². The van der Waals surface area contributed by atoms with Gasteiger partial charge in [0, 0.05) is 23.2 Å². The van der Waals surface area contributed by atoms with E-state index >= 15 is 0 Å². The van der Waals surface area contributed by atoms with E-state index in [0.717, 1.165) is 27.1 Å². The topological polar surface area (TPSA) is 37.8 Å². The lowest BCUT2D eigenvalue weighted by Gasteiger charge is -2.08. The maximum atomic E-state index is 6.15. The van der Waals surface area contributed by atoms with E-state index in [1.165, 1.54) is 0 Å². The summed E-state index contributed by atoms with van der Waals surface area (Å²) >= 11 is 7.71. The molecule has 1 aromatic heterocycles. The molecule has 2 rings (SSSR count). The molecule has 0 aliphatic rings. The van der Waals surface area contributed by atoms with Gasteiger partial charge in [0.25, 0.3) is 0 Å². The van der Waals surface area contributed by atoms with E-state index in [4.69, 9.17) is 11.6 Å². The Morgan fingerprint density at radius 2 is 2.11 bits per heavy atom. The van der Waals surface area contributed by atoms with E-state index in [1.807, 2.05) is 44.3 Å². The molecule has 0 aliphatic heterocycles. The zero-order valence-corrected chi connectivity index (χ0v) is 11.8. The quantitative estimate of drug-likeness (QED) is 0.858. The van der Waals surface area contributed by atoms with Gasteiger partial charge in [-0.1, -0.05) is 35.5 Å². The molecule has 94 valence electrons. The first-order chi connectivity index (χ1) is 8.70. The number of halogens is 1. The smallest absolute Gasteiger partial charge is 0.223 e. The lowest BCUT2D eigenvalue weighted by atomic mass is 10.4. The second-order valence-corrected chi connectivity index (χ2v) is 5.18. The van der Waals surface area contributed by atoms with Crippen molar-refractivity contribution in [3.05, 3.63) is 41.0 Å². The third-order valence-corrected chi connectivity index (χ3v) is 3.93. The molecular formula is C13H14ClN3S. The average molecular weight is 280 g/mol. The fraction of sp³-hybridized carbons (Fsp3) is 0.231. The first-order valence-corrected chi connectivity index (χ1v) is 6.90. The standard InChI is InChI=1S/C13H14ClN3S/c1-3-15-13-16-8-9(2)12(17-13)18-11-7-5-4-6-10(11)14/h4-8H,3H2,1-2H3,(H,15,16,17). The number of aromatic nitrogens is 2. The Labute approximate surface area is 116 Å². The highest BCUT2D eigenvalue weighted by Crippen LogP contribution is 2.33. The Morgan fingerprint density at radius 3 is 2.83 bits per heavy atom. The summed E-state index contributed by atoms with van der Waals surface area (Å²) in [4.78, 5) is 9.71. The Morgan fingerprint density at radius 1 is 1.33 bits per heavy atom. The Hall–Kier alpha value is -1.26. The van der Waals surface area contributed by atoms with Crippen molar-refractivity contribution in [2.75, 3.05) is 11.9 Å². The molecule has 0 saturated carbocycles. The van der Waals surface area contributed by atoms with Crippen molar-refractivity contribution in [1.29, 1.82) is 0 Å². The molecule has 0 bridgehead atoms. The minimum Gasteiger partial charge on any atom is -0.354 e. The van der Waals surface area contributed by atoms with Crippen molar-refractivity contribution in [3.63, 3.8) is 0 Å². The van der Waals surface area contributed by atoms with Crippen LogP contribution in [0.1, 0.15) is 12.5 Å². The molecule has 1 heterocycles. The van der Waals surface area contributed by atoms with Gasteiger partial charge >= 0.3 is 0 Å². The Bertz CT molecular complexity index is 546. The minimum absolute atomic E-state index is 0.651. The SMILES string of the molecule is CCNc1ncc(C)c(Sc2ccccc2Cl)n1. The first-order valence-electron chi connectivity index (χ1n) is 5.70. The highest BCUT2D eigenvalue weighted by Gasteiger charge is 2.07. The molecule has 3 nitrogen and oxygen atoms in total. The molecule has 0 aliphatic carbocycles. The first kappa shape index (κ1) is 13.2. The largest absolute Gasteiger partial charge is 0.354 e. The fourth-order valence-corrected chi connectivity index (χ4v) is 2.52. The van der Waals surface area contributed by atoms with Crippen LogP contribution in [0.3, 0.4) is 0 Å². The number of aryl methyl sites for hydroxylation is 1. The Kier molecular flexibility index (Phi) is 4.44. The van der Waals surface area contributed by atoms with Crippen LogP contribution < -0.4 is 5.32 Å². The summed E-state index contributed by atoms with van der Waals surface area (Å²) < 4.78 is 0. The monoisotopic (exact) mass is 279 g/mol. The zero-order chi connectivity index (χ0) is 13.0. The number of nitrogens with one attached hydrogen (secondary N) is 1. The average Bonchev–Trinajstić information content (AvgIpc) is 2.36. The summed E-state index contributed by atoms with van der Waals surface area (Å²) in [7, 11) is 0. The highest BCUT2D eigenvalue weighted by molar-refractivity contribution is 7.99. The van der Waals surface area contributed by atoms with E-state index in [1.54, 1.807) is 11.8 Å². The molecule has 0 saturated heterocycles. The van der Waals surface area contributed by atoms with Gasteiger partial charge in [-0.15, -0.1) is 0 Å². The molecule has 2 aromatic rings. The van der Waals surface area contributed by atoms with Crippen molar-refractivity contribution in [2.24, 2.45) is 0 Å². The molecule has 1 aromatic carbocycles. The van der Waals surface area contributed by atoms with Crippen LogP contribution in [-0.2, 0) is 0 Å². The zero-order valence-electron chi connectivity index (χ0n) is 10.3. The van der Waals surface area contributed by atoms with Crippen molar-refractivity contribution in [2.45, 2.75) is 23.8 Å². The number of nitrogens with zero attached hydrogens (tertiary/aromatic N) is 2. The lowest BCUT2D eigenvalue weighted by Crippen LogP contribution is -2.03. The summed E-state index contributed by atoms with van der Waals surface area (Å²) in [6, 6.07) is 7.76. The molecule has 1 N–H and O–H groups in total. The third-order valence-electron chi connectivity index (χ3n) is 2.30. The fourth-order valence-electron chi connectivity index (χ4n) is 1.40. The maximum Gasteiger partial charge on any atom is 0.223 e. The number of anilines is 1. The predicted molar refractivity (Wildman–Crippen MR) is 76.5 cm³/mol. The number of benzene rings is 1. The van der Waals surface area contributed by atoms with Gasteiger partial charge in [-0.2, -0.15) is 0 Å². The molecule has 0 radical (unpaired) electrons. The maximum absolute atomic E-state index is 6.15. The second kappa shape index (κ2) is 6.07. The van der Waals surface area contributed by atoms with E-state index in [9.17, 15) is 0 Å². The van der Waals surface area contributed by atoms with Crippen molar-refractivity contribution in [3.8, 4) is 0 Å². The van der Waals surface area contributed by atoms with Gasteiger partial charge in [-0.25, -0.2) is 9.97 Å². The molecule has 18 heavy (non-hydrogen) atoms. The minimum atomic E-state index is 0.651. The van der Waals surface area contributed by atoms with Crippen LogP contribution in [0.4, 0.5) is 5.95 Å². The van der Waals surface area contributed by atoms with Crippen LogP contribution in [0, 0.1) is 6.92 Å². The number of hydrogen-bond acceptors (Lipinski definition) is 4. The van der Waals surface area contributed by atoms with Crippen LogP contribution >= 0.6 is 23.4 Å². The molecule has 0 amide bonds. The molecule has 0 atom stereocenters. The van der Waals surface area contributed by atoms with Gasteiger partial charge in [-0.05, 0) is 26.0 Å². The molecule has 0 fully saturated rings. The second-order valence-electron chi connectivity index (χ2n) is 3.74. The van der Waals surface area contributed by atoms with Crippen molar-refractivity contribution >= 4 is 29.3 Å². The third kappa shape index (κ3) is 3.15. The normalized spacial score (nSPS) is 10.4. The summed E-state index contributed by atoms with van der Waals surface area (Å²) in [6.45, 7) is 4.82.